The van der Waals surface area contributed by atoms with Gasteiger partial charge in [0.25, 0.3) is 0 Å². The van der Waals surface area contributed by atoms with Crippen molar-refractivity contribution in [1.29, 1.82) is 0 Å². The smallest absolute Gasteiger partial charge is 0.305 e. The Labute approximate surface area is 170 Å². The number of esters is 1. The molecule has 0 aromatic heterocycles. The molecule has 1 aliphatic rings. The van der Waals surface area contributed by atoms with Crippen LogP contribution >= 0.6 is 0 Å². The lowest BCUT2D eigenvalue weighted by Gasteiger charge is -2.02. The van der Waals surface area contributed by atoms with Crippen LogP contribution in [0.2, 0.25) is 0 Å². The number of carboxylic acid groups (broad SMARTS) is 1. The summed E-state index contributed by atoms with van der Waals surface area (Å²) in [7, 11) is 0. The molecule has 1 rings (SSSR count). The third-order valence-electron chi connectivity index (χ3n) is 4.68. The van der Waals surface area contributed by atoms with E-state index in [9.17, 15) is 9.59 Å². The molecule has 1 N–H and O–H groups in total. The summed E-state index contributed by atoms with van der Waals surface area (Å²) < 4.78 is 10.1. The van der Waals surface area contributed by atoms with Gasteiger partial charge in [-0.1, -0.05) is 50.0 Å². The highest BCUT2D eigenvalue weighted by atomic mass is 16.6. The molecule has 0 aromatic carbocycles. The zero-order chi connectivity index (χ0) is 20.3. The van der Waals surface area contributed by atoms with E-state index in [0.717, 1.165) is 77.2 Å². The fraction of sp³-hybridized carbons (Fsp3) is 0.739. The molecular formula is C23H38O5. The molecule has 0 radical (unpaired) electrons. The van der Waals surface area contributed by atoms with Gasteiger partial charge in [-0.15, -0.1) is 0 Å². The number of unbranched alkanes of at least 4 members (excludes halogenated alkanes) is 9. The maximum Gasteiger partial charge on any atom is 0.305 e. The summed E-state index contributed by atoms with van der Waals surface area (Å²) in [5.74, 6) is -0.785. The van der Waals surface area contributed by atoms with E-state index in [0.29, 0.717) is 19.4 Å². The molecule has 1 unspecified atom stereocenters. The second-order valence-electron chi connectivity index (χ2n) is 7.46. The second-order valence-corrected chi connectivity index (χ2v) is 7.46. The van der Waals surface area contributed by atoms with Gasteiger partial charge in [0.05, 0.1) is 6.61 Å². The number of rotatable bonds is 19. The van der Waals surface area contributed by atoms with Crippen LogP contribution in [0.4, 0.5) is 0 Å². The molecule has 160 valence electrons. The van der Waals surface area contributed by atoms with Crippen molar-refractivity contribution in [2.75, 3.05) is 13.2 Å². The average molecular weight is 395 g/mol. The van der Waals surface area contributed by atoms with Crippen molar-refractivity contribution in [1.82, 2.24) is 0 Å². The van der Waals surface area contributed by atoms with Crippen molar-refractivity contribution in [3.63, 3.8) is 0 Å². The molecule has 1 heterocycles. The van der Waals surface area contributed by atoms with Crippen molar-refractivity contribution >= 4 is 11.9 Å². The third-order valence-corrected chi connectivity index (χ3v) is 4.68. The molecule has 1 aliphatic heterocycles. The number of carbonyl (C=O) groups is 2. The van der Waals surface area contributed by atoms with Crippen molar-refractivity contribution in [3.05, 3.63) is 24.3 Å². The first kappa shape index (κ1) is 24.4. The maximum atomic E-state index is 11.4. The monoisotopic (exact) mass is 394 g/mol. The number of carboxylic acids is 1. The van der Waals surface area contributed by atoms with E-state index in [4.69, 9.17) is 14.6 Å². The first-order chi connectivity index (χ1) is 13.7. The molecule has 0 aromatic rings. The van der Waals surface area contributed by atoms with Gasteiger partial charge in [-0.25, -0.2) is 0 Å². The van der Waals surface area contributed by atoms with Crippen molar-refractivity contribution < 1.29 is 24.2 Å². The Kier molecular flexibility index (Phi) is 15.2. The molecule has 1 atom stereocenters. The number of hydrogen-bond donors (Lipinski definition) is 1. The summed E-state index contributed by atoms with van der Waals surface area (Å²) in [5.41, 5.74) is 0. The Bertz CT molecular complexity index is 466. The van der Waals surface area contributed by atoms with E-state index in [2.05, 4.69) is 24.3 Å². The van der Waals surface area contributed by atoms with Crippen molar-refractivity contribution in [3.8, 4) is 0 Å². The predicted molar refractivity (Wildman–Crippen MR) is 111 cm³/mol. The average Bonchev–Trinajstić information content (AvgIpc) is 3.49. The summed E-state index contributed by atoms with van der Waals surface area (Å²) in [6.07, 6.45) is 22.8. The van der Waals surface area contributed by atoms with Gasteiger partial charge in [0.2, 0.25) is 0 Å². The molecule has 1 saturated heterocycles. The summed E-state index contributed by atoms with van der Waals surface area (Å²) in [6.45, 7) is 1.15. The van der Waals surface area contributed by atoms with E-state index in [1.165, 1.54) is 6.42 Å². The number of ether oxygens (including phenoxy) is 2. The quantitative estimate of drug-likeness (QED) is 0.134. The van der Waals surface area contributed by atoms with Gasteiger partial charge in [0, 0.05) is 12.8 Å². The van der Waals surface area contributed by atoms with Crippen LogP contribution in [0.1, 0.15) is 89.9 Å². The SMILES string of the molecule is O=C(O)CCCCCCC=CCCC=CCCCCCCC(=O)OCC1CO1. The van der Waals surface area contributed by atoms with Gasteiger partial charge >= 0.3 is 11.9 Å². The minimum Gasteiger partial charge on any atom is -0.481 e. The van der Waals surface area contributed by atoms with Crippen molar-refractivity contribution in [2.45, 2.75) is 96.0 Å². The summed E-state index contributed by atoms with van der Waals surface area (Å²) in [5, 5.41) is 8.55. The van der Waals surface area contributed by atoms with Crippen LogP contribution in [0.5, 0.6) is 0 Å². The topological polar surface area (TPSA) is 76.1 Å². The van der Waals surface area contributed by atoms with Gasteiger partial charge in [0.1, 0.15) is 12.7 Å². The highest BCUT2D eigenvalue weighted by Gasteiger charge is 2.23. The molecule has 28 heavy (non-hydrogen) atoms. The normalized spacial score (nSPS) is 16.1. The first-order valence-electron chi connectivity index (χ1n) is 11.0. The lowest BCUT2D eigenvalue weighted by atomic mass is 10.1. The number of carbonyl (C=O) groups excluding carboxylic acids is 1. The van der Waals surface area contributed by atoms with Crippen LogP contribution in [0.25, 0.3) is 0 Å². The Balaban J connectivity index is 1.75. The fourth-order valence-electron chi connectivity index (χ4n) is 2.86. The molecule has 0 spiro atoms. The zero-order valence-corrected chi connectivity index (χ0v) is 17.3. The lowest BCUT2D eigenvalue weighted by Crippen LogP contribution is -2.09. The van der Waals surface area contributed by atoms with E-state index in [1.807, 2.05) is 0 Å². The van der Waals surface area contributed by atoms with Gasteiger partial charge in [-0.3, -0.25) is 9.59 Å². The molecule has 0 bridgehead atoms. The van der Waals surface area contributed by atoms with E-state index in [-0.39, 0.29) is 12.1 Å². The van der Waals surface area contributed by atoms with E-state index >= 15 is 0 Å². The van der Waals surface area contributed by atoms with Gasteiger partial charge in [-0.2, -0.15) is 0 Å². The van der Waals surface area contributed by atoms with E-state index in [1.54, 1.807) is 0 Å². The number of aliphatic carboxylic acids is 1. The summed E-state index contributed by atoms with van der Waals surface area (Å²) in [6, 6.07) is 0. The Hall–Kier alpha value is -1.62. The Morgan fingerprint density at radius 1 is 0.786 bits per heavy atom. The van der Waals surface area contributed by atoms with Gasteiger partial charge in [0.15, 0.2) is 0 Å². The number of allylic oxidation sites excluding steroid dienone is 4. The highest BCUT2D eigenvalue weighted by molar-refractivity contribution is 5.69. The minimum absolute atomic E-state index is 0.0957. The van der Waals surface area contributed by atoms with Crippen LogP contribution in [-0.2, 0) is 19.1 Å². The summed E-state index contributed by atoms with van der Waals surface area (Å²) in [4.78, 5) is 21.8. The van der Waals surface area contributed by atoms with Crippen LogP contribution in [0, 0.1) is 0 Å². The largest absolute Gasteiger partial charge is 0.481 e. The first-order valence-corrected chi connectivity index (χ1v) is 11.0. The number of hydrogen-bond acceptors (Lipinski definition) is 4. The molecular weight excluding hydrogens is 356 g/mol. The highest BCUT2D eigenvalue weighted by Crippen LogP contribution is 2.11. The number of epoxide rings is 1. The van der Waals surface area contributed by atoms with Crippen LogP contribution in [-0.4, -0.2) is 36.4 Å². The van der Waals surface area contributed by atoms with Gasteiger partial charge < -0.3 is 14.6 Å². The predicted octanol–water partition coefficient (Wildman–Crippen LogP) is 5.59. The van der Waals surface area contributed by atoms with Crippen LogP contribution < -0.4 is 0 Å². The molecule has 5 nitrogen and oxygen atoms in total. The molecule has 0 saturated carbocycles. The van der Waals surface area contributed by atoms with Crippen molar-refractivity contribution in [2.24, 2.45) is 0 Å². The molecule has 5 heteroatoms. The fourth-order valence-corrected chi connectivity index (χ4v) is 2.86. The molecule has 0 aliphatic carbocycles. The Morgan fingerprint density at radius 3 is 1.82 bits per heavy atom. The molecule has 1 fully saturated rings. The Morgan fingerprint density at radius 2 is 1.29 bits per heavy atom. The van der Waals surface area contributed by atoms with Crippen LogP contribution in [0.3, 0.4) is 0 Å². The van der Waals surface area contributed by atoms with Crippen LogP contribution in [0.15, 0.2) is 24.3 Å². The van der Waals surface area contributed by atoms with E-state index < -0.39 is 5.97 Å². The summed E-state index contributed by atoms with van der Waals surface area (Å²) >= 11 is 0. The van der Waals surface area contributed by atoms with Gasteiger partial charge in [-0.05, 0) is 51.4 Å². The minimum atomic E-state index is -0.690. The standard InChI is InChI=1S/C23H38O5/c24-22(25)17-15-13-11-9-7-5-3-1-2-4-6-8-10-12-14-16-18-23(26)28-20-21-19-27-21/h3-6,21H,1-2,7-20H2,(H,24,25). The third kappa shape index (κ3) is 17.8. The maximum absolute atomic E-state index is 11.4. The lowest BCUT2D eigenvalue weighted by molar-refractivity contribution is -0.144. The zero-order valence-electron chi connectivity index (χ0n) is 17.3. The molecule has 0 amide bonds. The second kappa shape index (κ2) is 17.5.